The molecule has 1 aliphatic rings. The van der Waals surface area contributed by atoms with Crippen molar-refractivity contribution in [1.82, 2.24) is 0 Å². The molecule has 5 atom stereocenters. The molecule has 16 heteroatoms. The van der Waals surface area contributed by atoms with Crippen LogP contribution >= 0.6 is 0 Å². The largest absolute Gasteiger partial charge is 0.500 e. The molecule has 1 fully saturated rings. The van der Waals surface area contributed by atoms with Gasteiger partial charge in [0.25, 0.3) is 21.1 Å². The molecule has 1 heterocycles. The smallest absolute Gasteiger partial charge is 0.463 e. The van der Waals surface area contributed by atoms with Crippen molar-refractivity contribution in [1.29, 1.82) is 0 Å². The molecule has 178 valence electrons. The highest BCUT2D eigenvalue weighted by Gasteiger charge is 2.74. The summed E-state index contributed by atoms with van der Waals surface area (Å²) in [6, 6.07) is 0. The van der Waals surface area contributed by atoms with Gasteiger partial charge in [-0.3, -0.25) is 19.2 Å². The van der Waals surface area contributed by atoms with Crippen LogP contribution in [0, 0.1) is 0 Å². The standard InChI is InChI=1S/C15H19F3O12S/c1-6(19)26-5-10-11(27-7(2)20)12(28-8(3)21)14(23,13(30-10)29-9(4)22)31(24,25)15(16,17)18/h10-13,23H,5H2,1-4H3/t10-,11-,12+,13-,14-/m1/s1. The quantitative estimate of drug-likeness (QED) is 0.376. The number of alkyl halides is 3. The number of halogens is 3. The van der Waals surface area contributed by atoms with Gasteiger partial charge in [-0.15, -0.1) is 0 Å². The highest BCUT2D eigenvalue weighted by Crippen LogP contribution is 2.44. The average Bonchev–Trinajstić information content (AvgIpc) is 2.56. The van der Waals surface area contributed by atoms with Gasteiger partial charge in [0.1, 0.15) is 12.7 Å². The minimum absolute atomic E-state index is 0.656. The molecule has 0 aliphatic carbocycles. The van der Waals surface area contributed by atoms with E-state index >= 15 is 0 Å². The first kappa shape index (κ1) is 26.6. The van der Waals surface area contributed by atoms with E-state index in [1.54, 1.807) is 0 Å². The molecule has 0 saturated carbocycles. The van der Waals surface area contributed by atoms with Crippen LogP contribution in [-0.2, 0) is 52.7 Å². The SMILES string of the molecule is CC(=O)OC[C@H]1O[C@@H](OC(C)=O)[C@](O)(S(=O)(=O)C(F)(F)F)[C@@H](OC(C)=O)[C@@H]1OC(C)=O. The Morgan fingerprint density at radius 1 is 0.935 bits per heavy atom. The summed E-state index contributed by atoms with van der Waals surface area (Å²) in [4.78, 5) is 41.2. The molecule has 0 aromatic carbocycles. The van der Waals surface area contributed by atoms with E-state index in [1.165, 1.54) is 0 Å². The first-order chi connectivity index (χ1) is 13.9. The fourth-order valence-electron chi connectivity index (χ4n) is 2.62. The Morgan fingerprint density at radius 3 is 1.81 bits per heavy atom. The van der Waals surface area contributed by atoms with Crippen LogP contribution < -0.4 is 0 Å². The maximum atomic E-state index is 13.4. The molecule has 0 spiro atoms. The second kappa shape index (κ2) is 9.35. The van der Waals surface area contributed by atoms with E-state index in [-0.39, 0.29) is 0 Å². The molecular weight excluding hydrogens is 461 g/mol. The Bertz CT molecular complexity index is 839. The van der Waals surface area contributed by atoms with Gasteiger partial charge in [-0.1, -0.05) is 0 Å². The number of carbonyl (C=O) groups is 4. The molecule has 0 radical (unpaired) electrons. The van der Waals surface area contributed by atoms with E-state index in [2.05, 4.69) is 14.2 Å². The summed E-state index contributed by atoms with van der Waals surface area (Å²) in [7, 11) is -6.73. The van der Waals surface area contributed by atoms with Gasteiger partial charge in [0, 0.05) is 27.7 Å². The summed E-state index contributed by atoms with van der Waals surface area (Å²) < 4.78 is 87.9. The van der Waals surface area contributed by atoms with Gasteiger partial charge in [0.05, 0.1) is 0 Å². The van der Waals surface area contributed by atoms with Gasteiger partial charge in [0.15, 0.2) is 12.2 Å². The maximum absolute atomic E-state index is 13.4. The van der Waals surface area contributed by atoms with Crippen LogP contribution in [0.3, 0.4) is 0 Å². The van der Waals surface area contributed by atoms with Gasteiger partial charge in [-0.2, -0.15) is 13.2 Å². The number of carbonyl (C=O) groups excluding carboxylic acids is 4. The fraction of sp³-hybridized carbons (Fsp3) is 0.733. The van der Waals surface area contributed by atoms with Crippen molar-refractivity contribution >= 4 is 33.7 Å². The summed E-state index contributed by atoms with van der Waals surface area (Å²) in [6.45, 7) is 2.14. The minimum Gasteiger partial charge on any atom is -0.463 e. The maximum Gasteiger partial charge on any atom is 0.500 e. The number of esters is 4. The second-order valence-electron chi connectivity index (χ2n) is 6.22. The van der Waals surface area contributed by atoms with Crippen LogP contribution in [-0.4, -0.2) is 79.1 Å². The third kappa shape index (κ3) is 5.62. The lowest BCUT2D eigenvalue weighted by Crippen LogP contribution is -2.73. The van der Waals surface area contributed by atoms with E-state index in [1.807, 2.05) is 0 Å². The first-order valence-electron chi connectivity index (χ1n) is 8.28. The zero-order valence-electron chi connectivity index (χ0n) is 16.5. The molecule has 12 nitrogen and oxygen atoms in total. The summed E-state index contributed by atoms with van der Waals surface area (Å²) in [5.74, 6) is -4.93. The number of hydrogen-bond donors (Lipinski definition) is 1. The van der Waals surface area contributed by atoms with Crippen molar-refractivity contribution in [2.24, 2.45) is 0 Å². The highest BCUT2D eigenvalue weighted by molar-refractivity contribution is 7.93. The van der Waals surface area contributed by atoms with Crippen LogP contribution in [0.4, 0.5) is 13.2 Å². The summed E-state index contributed by atoms with van der Waals surface area (Å²) in [5.41, 5.74) is -6.16. The van der Waals surface area contributed by atoms with Gasteiger partial charge in [-0.05, 0) is 0 Å². The van der Waals surface area contributed by atoms with E-state index in [0.717, 1.165) is 13.8 Å². The van der Waals surface area contributed by atoms with Crippen molar-refractivity contribution < 1.29 is 69.6 Å². The van der Waals surface area contributed by atoms with Gasteiger partial charge < -0.3 is 28.8 Å². The number of hydrogen-bond acceptors (Lipinski definition) is 12. The minimum atomic E-state index is -6.73. The number of aliphatic hydroxyl groups is 1. The van der Waals surface area contributed by atoms with Crippen LogP contribution in [0.15, 0.2) is 0 Å². The van der Waals surface area contributed by atoms with Crippen molar-refractivity contribution in [2.45, 2.75) is 62.7 Å². The average molecular weight is 480 g/mol. The molecule has 0 amide bonds. The summed E-state index contributed by atoms with van der Waals surface area (Å²) >= 11 is 0. The van der Waals surface area contributed by atoms with Crippen molar-refractivity contribution in [3.63, 3.8) is 0 Å². The Morgan fingerprint density at radius 2 is 1.42 bits per heavy atom. The third-order valence-electron chi connectivity index (χ3n) is 3.76. The summed E-state index contributed by atoms with van der Waals surface area (Å²) in [6.07, 6.45) is -9.77. The predicted octanol–water partition coefficient (Wildman–Crippen LogP) is -0.676. The van der Waals surface area contributed by atoms with Crippen molar-refractivity contribution in [3.8, 4) is 0 Å². The zero-order valence-corrected chi connectivity index (χ0v) is 17.3. The van der Waals surface area contributed by atoms with Gasteiger partial charge >= 0.3 is 29.4 Å². The Kier molecular flexibility index (Phi) is 8.02. The van der Waals surface area contributed by atoms with E-state index in [0.29, 0.717) is 13.8 Å². The topological polar surface area (TPSA) is 169 Å². The molecule has 0 aromatic heterocycles. The lowest BCUT2D eigenvalue weighted by atomic mass is 9.97. The van der Waals surface area contributed by atoms with E-state index in [9.17, 15) is 45.9 Å². The molecule has 1 saturated heterocycles. The van der Waals surface area contributed by atoms with E-state index in [4.69, 9.17) is 9.47 Å². The molecule has 1 rings (SSSR count). The summed E-state index contributed by atoms with van der Waals surface area (Å²) in [5, 5.41) is 10.7. The van der Waals surface area contributed by atoms with Crippen LogP contribution in [0.5, 0.6) is 0 Å². The molecule has 0 bridgehead atoms. The Balaban J connectivity index is 3.78. The first-order valence-corrected chi connectivity index (χ1v) is 9.77. The number of ether oxygens (including phenoxy) is 5. The van der Waals surface area contributed by atoms with Gasteiger partial charge in [-0.25, -0.2) is 8.42 Å². The zero-order chi connectivity index (χ0) is 24.4. The lowest BCUT2D eigenvalue weighted by Gasteiger charge is -2.48. The van der Waals surface area contributed by atoms with E-state index < -0.39 is 75.4 Å². The van der Waals surface area contributed by atoms with Crippen LogP contribution in [0.2, 0.25) is 0 Å². The Hall–Kier alpha value is -2.46. The van der Waals surface area contributed by atoms with Crippen LogP contribution in [0.1, 0.15) is 27.7 Å². The molecular formula is C15H19F3O12S. The molecule has 0 unspecified atom stereocenters. The van der Waals surface area contributed by atoms with Crippen LogP contribution in [0.25, 0.3) is 0 Å². The van der Waals surface area contributed by atoms with Gasteiger partial charge in [0.2, 0.25) is 0 Å². The molecule has 1 aliphatic heterocycles. The molecule has 0 aromatic rings. The fourth-order valence-corrected chi connectivity index (χ4v) is 3.84. The molecule has 1 N–H and O–H groups in total. The Labute approximate surface area is 173 Å². The molecule has 31 heavy (non-hydrogen) atoms. The normalized spacial score (nSPS) is 28.9. The van der Waals surface area contributed by atoms with Crippen molar-refractivity contribution in [2.75, 3.05) is 6.61 Å². The second-order valence-corrected chi connectivity index (χ2v) is 8.35. The number of sulfone groups is 1. The lowest BCUT2D eigenvalue weighted by molar-refractivity contribution is -0.311. The monoisotopic (exact) mass is 480 g/mol. The predicted molar refractivity (Wildman–Crippen MR) is 88.1 cm³/mol. The number of rotatable bonds is 6. The highest BCUT2D eigenvalue weighted by atomic mass is 32.2. The third-order valence-corrected chi connectivity index (χ3v) is 5.66. The van der Waals surface area contributed by atoms with Crippen molar-refractivity contribution in [3.05, 3.63) is 0 Å².